The van der Waals surface area contributed by atoms with E-state index in [-0.39, 0.29) is 11.4 Å². The molecule has 0 saturated heterocycles. The van der Waals surface area contributed by atoms with Crippen molar-refractivity contribution in [3.63, 3.8) is 0 Å². The molecule has 0 aliphatic heterocycles. The second-order valence-corrected chi connectivity index (χ2v) is 6.45. The van der Waals surface area contributed by atoms with Crippen LogP contribution >= 0.6 is 0 Å². The van der Waals surface area contributed by atoms with Gasteiger partial charge in [0.2, 0.25) is 0 Å². The van der Waals surface area contributed by atoms with E-state index in [2.05, 4.69) is 15.3 Å². The van der Waals surface area contributed by atoms with Crippen LogP contribution in [-0.4, -0.2) is 15.1 Å². The number of anilines is 1. The second kappa shape index (κ2) is 7.43. The average Bonchev–Trinajstić information content (AvgIpc) is 2.73. The van der Waals surface area contributed by atoms with Gasteiger partial charge in [-0.3, -0.25) is 9.97 Å². The molecule has 0 spiro atoms. The number of pyridine rings is 2. The van der Waals surface area contributed by atoms with E-state index in [1.54, 1.807) is 54.9 Å². The van der Waals surface area contributed by atoms with Crippen LogP contribution in [0.2, 0.25) is 0 Å². The largest absolute Gasteiger partial charge is 0.505 e. The predicted octanol–water partition coefficient (Wildman–Crippen LogP) is 5.56. The van der Waals surface area contributed by atoms with Crippen LogP contribution < -0.4 is 5.32 Å². The second-order valence-electron chi connectivity index (χ2n) is 6.45. The maximum atomic E-state index is 13.5. The van der Waals surface area contributed by atoms with Crippen molar-refractivity contribution in [1.29, 1.82) is 0 Å². The van der Waals surface area contributed by atoms with Gasteiger partial charge in [0.15, 0.2) is 0 Å². The van der Waals surface area contributed by atoms with E-state index in [9.17, 15) is 18.3 Å². The lowest BCUT2D eigenvalue weighted by molar-refractivity contribution is -0.137. The Kier molecular flexibility index (Phi) is 4.80. The first-order valence-corrected chi connectivity index (χ1v) is 8.85. The topological polar surface area (TPSA) is 58.0 Å². The molecule has 0 radical (unpaired) electrons. The summed E-state index contributed by atoms with van der Waals surface area (Å²) in [5.41, 5.74) is 0.328. The van der Waals surface area contributed by atoms with Gasteiger partial charge < -0.3 is 10.4 Å². The van der Waals surface area contributed by atoms with E-state index >= 15 is 0 Å². The summed E-state index contributed by atoms with van der Waals surface area (Å²) in [5, 5.41) is 14.5. The van der Waals surface area contributed by atoms with Gasteiger partial charge in [-0.2, -0.15) is 13.2 Å². The SMILES string of the molecule is Oc1c(C(Nc2ccccc2C(F)(F)F)c2ccccn2)ccc2cccnc12. The summed E-state index contributed by atoms with van der Waals surface area (Å²) in [6, 6.07) is 16.5. The molecule has 2 heterocycles. The third-order valence-corrected chi connectivity index (χ3v) is 4.61. The molecule has 7 heteroatoms. The standard InChI is InChI=1S/C22H16F3N3O/c23-22(24,25)16-7-1-2-8-17(16)28-20(18-9-3-4-12-26-18)15-11-10-14-6-5-13-27-19(14)21(15)29/h1-13,20,28-29H. The fraction of sp³-hybridized carbons (Fsp3) is 0.0909. The summed E-state index contributed by atoms with van der Waals surface area (Å²) in [4.78, 5) is 8.49. The minimum atomic E-state index is -4.52. The number of phenols is 1. The van der Waals surface area contributed by atoms with Crippen molar-refractivity contribution in [1.82, 2.24) is 9.97 Å². The Labute approximate surface area is 164 Å². The average molecular weight is 395 g/mol. The molecular formula is C22H16F3N3O. The molecule has 0 amide bonds. The van der Waals surface area contributed by atoms with Gasteiger partial charge in [-0.1, -0.05) is 36.4 Å². The number of benzene rings is 2. The monoisotopic (exact) mass is 395 g/mol. The van der Waals surface area contributed by atoms with Crippen LogP contribution in [0.1, 0.15) is 22.9 Å². The van der Waals surface area contributed by atoms with E-state index < -0.39 is 17.8 Å². The third kappa shape index (κ3) is 3.71. The number of aromatic hydroxyl groups is 1. The maximum absolute atomic E-state index is 13.5. The fourth-order valence-corrected chi connectivity index (χ4v) is 3.25. The predicted molar refractivity (Wildman–Crippen MR) is 105 cm³/mol. The number of nitrogens with one attached hydrogen (secondary N) is 1. The molecule has 4 aromatic rings. The van der Waals surface area contributed by atoms with Crippen LogP contribution in [-0.2, 0) is 6.18 Å². The number of aromatic nitrogens is 2. The van der Waals surface area contributed by atoms with Gasteiger partial charge in [0.05, 0.1) is 17.3 Å². The molecule has 2 aromatic carbocycles. The minimum Gasteiger partial charge on any atom is -0.505 e. The van der Waals surface area contributed by atoms with Gasteiger partial charge in [-0.25, -0.2) is 0 Å². The zero-order valence-electron chi connectivity index (χ0n) is 15.1. The molecule has 4 nitrogen and oxygen atoms in total. The first-order valence-electron chi connectivity index (χ1n) is 8.85. The van der Waals surface area contributed by atoms with Crippen LogP contribution in [0.4, 0.5) is 18.9 Å². The molecule has 0 aliphatic carbocycles. The Bertz CT molecular complexity index is 1150. The summed E-state index contributed by atoms with van der Waals surface area (Å²) in [5.74, 6) is -0.101. The number of hydrogen-bond acceptors (Lipinski definition) is 4. The molecule has 2 aromatic heterocycles. The smallest absolute Gasteiger partial charge is 0.418 e. The quantitative estimate of drug-likeness (QED) is 0.475. The van der Waals surface area contributed by atoms with E-state index in [4.69, 9.17) is 0 Å². The Morgan fingerprint density at radius 1 is 0.828 bits per heavy atom. The molecule has 0 aliphatic rings. The Balaban J connectivity index is 1.86. The number of para-hydroxylation sites is 1. The van der Waals surface area contributed by atoms with Crippen molar-refractivity contribution in [3.05, 3.63) is 95.9 Å². The molecule has 1 unspecified atom stereocenters. The highest BCUT2D eigenvalue weighted by molar-refractivity contribution is 5.86. The first-order chi connectivity index (χ1) is 13.9. The van der Waals surface area contributed by atoms with Crippen LogP contribution in [0, 0.1) is 0 Å². The summed E-state index contributed by atoms with van der Waals surface area (Å²) in [6.45, 7) is 0. The van der Waals surface area contributed by atoms with Gasteiger partial charge in [-0.15, -0.1) is 0 Å². The van der Waals surface area contributed by atoms with Crippen molar-refractivity contribution in [3.8, 4) is 5.75 Å². The van der Waals surface area contributed by atoms with Crippen LogP contribution in [0.3, 0.4) is 0 Å². The van der Waals surface area contributed by atoms with Gasteiger partial charge in [0, 0.05) is 29.0 Å². The molecular weight excluding hydrogens is 379 g/mol. The summed E-state index contributed by atoms with van der Waals surface area (Å²) in [7, 11) is 0. The highest BCUT2D eigenvalue weighted by Crippen LogP contribution is 2.39. The Hall–Kier alpha value is -3.61. The molecule has 0 bridgehead atoms. The van der Waals surface area contributed by atoms with Crippen LogP contribution in [0.5, 0.6) is 5.75 Å². The zero-order chi connectivity index (χ0) is 20.4. The molecule has 2 N–H and O–H groups in total. The highest BCUT2D eigenvalue weighted by atomic mass is 19.4. The zero-order valence-corrected chi connectivity index (χ0v) is 15.1. The number of phenolic OH excluding ortho intramolecular Hbond substituents is 1. The summed E-state index contributed by atoms with van der Waals surface area (Å²) in [6.07, 6.45) is -1.42. The van der Waals surface area contributed by atoms with Crippen LogP contribution in [0.25, 0.3) is 10.9 Å². The maximum Gasteiger partial charge on any atom is 0.418 e. The van der Waals surface area contributed by atoms with E-state index in [1.165, 1.54) is 18.2 Å². The molecule has 1 atom stereocenters. The highest BCUT2D eigenvalue weighted by Gasteiger charge is 2.34. The van der Waals surface area contributed by atoms with Gasteiger partial charge in [0.1, 0.15) is 11.3 Å². The van der Waals surface area contributed by atoms with E-state index in [0.29, 0.717) is 16.8 Å². The summed E-state index contributed by atoms with van der Waals surface area (Å²) >= 11 is 0. The lowest BCUT2D eigenvalue weighted by atomic mass is 9.98. The number of nitrogens with zero attached hydrogens (tertiary/aromatic N) is 2. The van der Waals surface area contributed by atoms with Crippen molar-refractivity contribution in [2.24, 2.45) is 0 Å². The lowest BCUT2D eigenvalue weighted by Crippen LogP contribution is -2.17. The van der Waals surface area contributed by atoms with E-state index in [1.807, 2.05) is 0 Å². The number of hydrogen-bond donors (Lipinski definition) is 2. The number of alkyl halides is 3. The molecule has 4 rings (SSSR count). The normalized spacial score (nSPS) is 12.7. The molecule has 29 heavy (non-hydrogen) atoms. The van der Waals surface area contributed by atoms with Gasteiger partial charge in [-0.05, 0) is 30.3 Å². The third-order valence-electron chi connectivity index (χ3n) is 4.61. The Morgan fingerprint density at radius 2 is 1.59 bits per heavy atom. The molecule has 146 valence electrons. The van der Waals surface area contributed by atoms with Crippen molar-refractivity contribution in [2.45, 2.75) is 12.2 Å². The van der Waals surface area contributed by atoms with Crippen LogP contribution in [0.15, 0.2) is 79.1 Å². The molecule has 0 saturated carbocycles. The van der Waals surface area contributed by atoms with Crippen molar-refractivity contribution < 1.29 is 18.3 Å². The number of rotatable bonds is 4. The Morgan fingerprint density at radius 3 is 2.34 bits per heavy atom. The van der Waals surface area contributed by atoms with E-state index in [0.717, 1.165) is 11.5 Å². The minimum absolute atomic E-state index is 0.101. The fourth-order valence-electron chi connectivity index (χ4n) is 3.25. The first kappa shape index (κ1) is 18.7. The van der Waals surface area contributed by atoms with Crippen molar-refractivity contribution >= 4 is 16.6 Å². The van der Waals surface area contributed by atoms with Crippen molar-refractivity contribution in [2.75, 3.05) is 5.32 Å². The summed E-state index contributed by atoms with van der Waals surface area (Å²) < 4.78 is 40.4. The molecule has 0 fully saturated rings. The van der Waals surface area contributed by atoms with Gasteiger partial charge in [0.25, 0.3) is 0 Å². The number of fused-ring (bicyclic) bond motifs is 1. The lowest BCUT2D eigenvalue weighted by Gasteiger charge is -2.23. The van der Waals surface area contributed by atoms with Gasteiger partial charge >= 0.3 is 6.18 Å². The number of halogens is 3.